The topological polar surface area (TPSA) is 36.9 Å². The van der Waals surface area contributed by atoms with Gasteiger partial charge in [-0.25, -0.2) is 14.2 Å². The fourth-order valence-corrected chi connectivity index (χ4v) is 2.94. The SMILES string of the molecule is C=C1COOC2(CCC(Cc3ccc(F)cc3)CC2)OOC1. The summed E-state index contributed by atoms with van der Waals surface area (Å²) in [5.41, 5.74) is 1.94. The van der Waals surface area contributed by atoms with E-state index in [0.29, 0.717) is 32.0 Å². The fourth-order valence-electron chi connectivity index (χ4n) is 2.94. The second kappa shape index (κ2) is 6.87. The van der Waals surface area contributed by atoms with Crippen molar-refractivity contribution in [3.8, 4) is 0 Å². The van der Waals surface area contributed by atoms with Crippen LogP contribution in [0.15, 0.2) is 36.4 Å². The molecular formula is C17H21FO4. The molecule has 5 heteroatoms. The third-order valence-corrected chi connectivity index (χ3v) is 4.25. The quantitative estimate of drug-likeness (QED) is 0.616. The largest absolute Gasteiger partial charge is 0.234 e. The van der Waals surface area contributed by atoms with Crippen LogP contribution in [-0.4, -0.2) is 19.0 Å². The van der Waals surface area contributed by atoms with Crippen molar-refractivity contribution in [1.29, 1.82) is 0 Å². The summed E-state index contributed by atoms with van der Waals surface area (Å²) in [4.78, 5) is 21.3. The van der Waals surface area contributed by atoms with E-state index in [9.17, 15) is 4.39 Å². The molecule has 1 aliphatic carbocycles. The molecule has 0 unspecified atom stereocenters. The first kappa shape index (κ1) is 15.6. The minimum Gasteiger partial charge on any atom is -0.229 e. The van der Waals surface area contributed by atoms with Crippen LogP contribution in [0.1, 0.15) is 31.2 Å². The van der Waals surface area contributed by atoms with Crippen LogP contribution < -0.4 is 0 Å². The van der Waals surface area contributed by atoms with Crippen LogP contribution in [0.2, 0.25) is 0 Å². The Hall–Kier alpha value is -1.27. The zero-order valence-electron chi connectivity index (χ0n) is 12.6. The van der Waals surface area contributed by atoms with E-state index in [1.54, 1.807) is 0 Å². The van der Waals surface area contributed by atoms with Gasteiger partial charge < -0.3 is 0 Å². The van der Waals surface area contributed by atoms with Gasteiger partial charge in [0.1, 0.15) is 19.0 Å². The van der Waals surface area contributed by atoms with Gasteiger partial charge in [-0.3, -0.25) is 0 Å². The van der Waals surface area contributed by atoms with Gasteiger partial charge in [-0.15, -0.1) is 0 Å². The molecule has 2 aliphatic rings. The second-order valence-corrected chi connectivity index (χ2v) is 6.13. The maximum Gasteiger partial charge on any atom is 0.234 e. The molecule has 0 atom stereocenters. The van der Waals surface area contributed by atoms with E-state index >= 15 is 0 Å². The molecule has 0 N–H and O–H groups in total. The lowest BCUT2D eigenvalue weighted by molar-refractivity contribution is -0.522. The summed E-state index contributed by atoms with van der Waals surface area (Å²) in [6, 6.07) is 6.71. The molecule has 0 bridgehead atoms. The van der Waals surface area contributed by atoms with E-state index in [0.717, 1.165) is 30.4 Å². The van der Waals surface area contributed by atoms with Crippen molar-refractivity contribution in [2.75, 3.05) is 13.2 Å². The standard InChI is InChI=1S/C17H21FO4/c1-13-11-19-21-17(22-20-12-13)8-6-15(7-9-17)10-14-2-4-16(18)5-3-14/h2-5,15H,1,6-12H2. The molecule has 120 valence electrons. The summed E-state index contributed by atoms with van der Waals surface area (Å²) in [6.07, 6.45) is 4.27. The summed E-state index contributed by atoms with van der Waals surface area (Å²) < 4.78 is 12.9. The molecule has 1 saturated heterocycles. The van der Waals surface area contributed by atoms with Gasteiger partial charge >= 0.3 is 0 Å². The minimum absolute atomic E-state index is 0.196. The molecule has 22 heavy (non-hydrogen) atoms. The molecule has 1 aliphatic heterocycles. The molecule has 2 fully saturated rings. The molecule has 1 aromatic carbocycles. The van der Waals surface area contributed by atoms with Gasteiger partial charge in [0.15, 0.2) is 0 Å². The molecule has 1 aromatic rings. The third-order valence-electron chi connectivity index (χ3n) is 4.25. The lowest BCUT2D eigenvalue weighted by atomic mass is 9.82. The fraction of sp³-hybridized carbons (Fsp3) is 0.529. The van der Waals surface area contributed by atoms with Gasteiger partial charge in [-0.1, -0.05) is 18.7 Å². The first-order chi connectivity index (χ1) is 10.7. The molecule has 4 nitrogen and oxygen atoms in total. The molecule has 1 heterocycles. The first-order valence-corrected chi connectivity index (χ1v) is 7.68. The zero-order chi connectivity index (χ0) is 15.4. The average molecular weight is 308 g/mol. The Balaban J connectivity index is 1.53. The Labute approximate surface area is 129 Å². The molecule has 3 rings (SSSR count). The van der Waals surface area contributed by atoms with Crippen LogP contribution in [0.3, 0.4) is 0 Å². The highest BCUT2D eigenvalue weighted by molar-refractivity contribution is 5.16. The summed E-state index contributed by atoms with van der Waals surface area (Å²) in [5, 5.41) is 0. The highest BCUT2D eigenvalue weighted by atomic mass is 19.1. The van der Waals surface area contributed by atoms with Crippen molar-refractivity contribution in [2.45, 2.75) is 37.9 Å². The predicted octanol–water partition coefficient (Wildman–Crippen LogP) is 3.72. The lowest BCUT2D eigenvalue weighted by Crippen LogP contribution is -2.42. The van der Waals surface area contributed by atoms with Crippen LogP contribution in [0, 0.1) is 11.7 Å². The molecule has 0 aromatic heterocycles. The smallest absolute Gasteiger partial charge is 0.229 e. The molecule has 1 saturated carbocycles. The Kier molecular flexibility index (Phi) is 4.88. The van der Waals surface area contributed by atoms with Crippen molar-refractivity contribution >= 4 is 0 Å². The van der Waals surface area contributed by atoms with Gasteiger partial charge in [0, 0.05) is 12.8 Å². The average Bonchev–Trinajstić information content (AvgIpc) is 2.50. The first-order valence-electron chi connectivity index (χ1n) is 7.68. The van der Waals surface area contributed by atoms with Crippen LogP contribution in [0.5, 0.6) is 0 Å². The highest BCUT2D eigenvalue weighted by Gasteiger charge is 2.41. The Morgan fingerprint density at radius 2 is 1.64 bits per heavy atom. The number of hydrogen-bond acceptors (Lipinski definition) is 4. The van der Waals surface area contributed by atoms with Gasteiger partial charge in [-0.05, 0) is 48.4 Å². The van der Waals surface area contributed by atoms with Crippen LogP contribution in [0.4, 0.5) is 4.39 Å². The predicted molar refractivity (Wildman–Crippen MR) is 78.0 cm³/mol. The van der Waals surface area contributed by atoms with Gasteiger partial charge in [0.05, 0.1) is 0 Å². The molecular weight excluding hydrogens is 287 g/mol. The van der Waals surface area contributed by atoms with Gasteiger partial charge in [0.25, 0.3) is 0 Å². The number of hydrogen-bond donors (Lipinski definition) is 0. The summed E-state index contributed by atoms with van der Waals surface area (Å²) >= 11 is 0. The van der Waals surface area contributed by atoms with Crippen molar-refractivity contribution in [3.63, 3.8) is 0 Å². The van der Waals surface area contributed by atoms with Crippen LogP contribution >= 0.6 is 0 Å². The normalized spacial score (nSPS) is 23.2. The van der Waals surface area contributed by atoms with Gasteiger partial charge in [0.2, 0.25) is 5.79 Å². The summed E-state index contributed by atoms with van der Waals surface area (Å²) in [7, 11) is 0. The summed E-state index contributed by atoms with van der Waals surface area (Å²) in [6.45, 7) is 4.42. The second-order valence-electron chi connectivity index (χ2n) is 6.13. The van der Waals surface area contributed by atoms with Crippen molar-refractivity contribution in [2.24, 2.45) is 5.92 Å². The zero-order valence-corrected chi connectivity index (χ0v) is 12.6. The minimum atomic E-state index is -0.806. The number of benzene rings is 1. The third kappa shape index (κ3) is 3.93. The van der Waals surface area contributed by atoms with Gasteiger partial charge in [-0.2, -0.15) is 9.78 Å². The van der Waals surface area contributed by atoms with Crippen molar-refractivity contribution < 1.29 is 23.9 Å². The van der Waals surface area contributed by atoms with Crippen LogP contribution in [0.25, 0.3) is 0 Å². The maximum atomic E-state index is 12.9. The Bertz CT molecular complexity index is 492. The molecule has 0 radical (unpaired) electrons. The van der Waals surface area contributed by atoms with E-state index in [2.05, 4.69) is 6.58 Å². The highest BCUT2D eigenvalue weighted by Crippen LogP contribution is 2.38. The molecule has 1 spiro atoms. The number of rotatable bonds is 2. The van der Waals surface area contributed by atoms with E-state index in [-0.39, 0.29) is 5.82 Å². The van der Waals surface area contributed by atoms with E-state index in [1.807, 2.05) is 12.1 Å². The Morgan fingerprint density at radius 3 is 2.23 bits per heavy atom. The monoisotopic (exact) mass is 308 g/mol. The summed E-state index contributed by atoms with van der Waals surface area (Å²) in [5.74, 6) is -0.470. The van der Waals surface area contributed by atoms with Crippen LogP contribution in [-0.2, 0) is 26.0 Å². The van der Waals surface area contributed by atoms with E-state index in [4.69, 9.17) is 19.6 Å². The Morgan fingerprint density at radius 1 is 1.05 bits per heavy atom. The van der Waals surface area contributed by atoms with E-state index in [1.165, 1.54) is 12.1 Å². The number of halogens is 1. The lowest BCUT2D eigenvalue weighted by Gasteiger charge is -2.38. The van der Waals surface area contributed by atoms with Crippen molar-refractivity contribution in [3.05, 3.63) is 47.8 Å². The maximum absolute atomic E-state index is 12.9. The molecule has 0 amide bonds. The van der Waals surface area contributed by atoms with Crippen molar-refractivity contribution in [1.82, 2.24) is 0 Å². The van der Waals surface area contributed by atoms with E-state index < -0.39 is 5.79 Å².